The molecule has 0 fully saturated rings. The highest BCUT2D eigenvalue weighted by Gasteiger charge is 2.39. The molecule has 2 nitrogen and oxygen atoms in total. The molecular weight excluding hydrogens is 544 g/mol. The molecule has 0 amide bonds. The number of rotatable bonds is 4. The lowest BCUT2D eigenvalue weighted by molar-refractivity contribution is 0.450. The van der Waals surface area contributed by atoms with Gasteiger partial charge in [-0.2, -0.15) is 0 Å². The molecule has 0 saturated carbocycles. The molecule has 0 radical (unpaired) electrons. The van der Waals surface area contributed by atoms with Gasteiger partial charge in [0, 0.05) is 39.1 Å². The second-order valence-electron chi connectivity index (χ2n) is 13.1. The van der Waals surface area contributed by atoms with Gasteiger partial charge in [0.15, 0.2) is 0 Å². The maximum atomic E-state index is 2.70. The highest BCUT2D eigenvalue weighted by atomic mass is 15.1. The van der Waals surface area contributed by atoms with Gasteiger partial charge in [-0.05, 0) is 55.9 Å². The lowest BCUT2D eigenvalue weighted by Gasteiger charge is -2.32. The minimum absolute atomic E-state index is 0.266. The summed E-state index contributed by atoms with van der Waals surface area (Å²) in [4.78, 5) is 0. The predicted molar refractivity (Wildman–Crippen MR) is 190 cm³/mol. The van der Waals surface area contributed by atoms with E-state index < -0.39 is 0 Å². The second kappa shape index (κ2) is 9.97. The molecule has 6 aromatic rings. The SMILES string of the molecule is CC1(C)c2ccccc2-n2c(C3C=CC=CC3)c(-c3ccccc3)c3ccc4c(-c5ccccc5)c(C5=CCCC=C5)n1c4c32. The minimum atomic E-state index is -0.316. The van der Waals surface area contributed by atoms with Crippen LogP contribution < -0.4 is 0 Å². The van der Waals surface area contributed by atoms with Crippen molar-refractivity contribution in [1.29, 1.82) is 0 Å². The first kappa shape index (κ1) is 26.3. The number of nitrogens with zero attached hydrogens (tertiary/aromatic N) is 2. The van der Waals surface area contributed by atoms with Crippen molar-refractivity contribution in [2.24, 2.45) is 0 Å². The van der Waals surface area contributed by atoms with Crippen molar-refractivity contribution >= 4 is 27.4 Å². The van der Waals surface area contributed by atoms with Crippen LogP contribution in [0.4, 0.5) is 0 Å². The van der Waals surface area contributed by atoms with Gasteiger partial charge in [-0.25, -0.2) is 0 Å². The largest absolute Gasteiger partial charge is 0.328 e. The summed E-state index contributed by atoms with van der Waals surface area (Å²) in [5.41, 5.74) is 14.2. The van der Waals surface area contributed by atoms with Crippen LogP contribution in [0, 0.1) is 0 Å². The molecule has 9 rings (SSSR count). The van der Waals surface area contributed by atoms with Crippen molar-refractivity contribution in [3.8, 4) is 27.9 Å². The quantitative estimate of drug-likeness (QED) is 0.196. The summed E-state index contributed by atoms with van der Waals surface area (Å²) in [5.74, 6) is 0.266. The Morgan fingerprint density at radius 3 is 2.04 bits per heavy atom. The summed E-state index contributed by atoms with van der Waals surface area (Å²) >= 11 is 0. The molecule has 1 atom stereocenters. The van der Waals surface area contributed by atoms with E-state index in [0.29, 0.717) is 0 Å². The third-order valence-corrected chi connectivity index (χ3v) is 10.2. The number of hydrogen-bond donors (Lipinski definition) is 0. The van der Waals surface area contributed by atoms with Crippen molar-refractivity contribution < 1.29 is 0 Å². The van der Waals surface area contributed by atoms with Gasteiger partial charge >= 0.3 is 0 Å². The van der Waals surface area contributed by atoms with Crippen LogP contribution in [-0.4, -0.2) is 9.13 Å². The number of benzene rings is 4. The van der Waals surface area contributed by atoms with E-state index in [2.05, 4.69) is 163 Å². The Balaban J connectivity index is 1.56. The Hall–Kier alpha value is -5.08. The summed E-state index contributed by atoms with van der Waals surface area (Å²) < 4.78 is 5.35. The van der Waals surface area contributed by atoms with Crippen molar-refractivity contribution in [3.05, 3.63) is 157 Å². The van der Waals surface area contributed by atoms with Gasteiger partial charge in [0.25, 0.3) is 0 Å². The Morgan fingerprint density at radius 1 is 0.667 bits per heavy atom. The summed E-state index contributed by atoms with van der Waals surface area (Å²) in [7, 11) is 0. The van der Waals surface area contributed by atoms with Crippen LogP contribution in [-0.2, 0) is 5.54 Å². The Morgan fingerprint density at radius 2 is 1.36 bits per heavy atom. The van der Waals surface area contributed by atoms with Gasteiger partial charge in [0.05, 0.1) is 28.0 Å². The first-order valence-corrected chi connectivity index (χ1v) is 16.3. The summed E-state index contributed by atoms with van der Waals surface area (Å²) in [6, 6.07) is 36.1. The van der Waals surface area contributed by atoms with Gasteiger partial charge in [-0.3, -0.25) is 0 Å². The Bertz CT molecular complexity index is 2250. The van der Waals surface area contributed by atoms with E-state index in [1.807, 2.05) is 0 Å². The molecule has 45 heavy (non-hydrogen) atoms. The summed E-state index contributed by atoms with van der Waals surface area (Å²) in [6.45, 7) is 4.84. The maximum Gasteiger partial charge on any atom is 0.0783 e. The Kier molecular flexibility index (Phi) is 5.83. The van der Waals surface area contributed by atoms with Crippen LogP contribution in [0.1, 0.15) is 56.0 Å². The molecule has 2 aromatic heterocycles. The third-order valence-electron chi connectivity index (χ3n) is 10.2. The molecule has 2 heteroatoms. The molecule has 218 valence electrons. The predicted octanol–water partition coefficient (Wildman–Crippen LogP) is 11.3. The van der Waals surface area contributed by atoms with Crippen LogP contribution in [0.3, 0.4) is 0 Å². The fourth-order valence-electron chi connectivity index (χ4n) is 8.28. The first-order valence-electron chi connectivity index (χ1n) is 16.3. The molecule has 0 N–H and O–H groups in total. The summed E-state index contributed by atoms with van der Waals surface area (Å²) in [5, 5.41) is 2.63. The van der Waals surface area contributed by atoms with Crippen molar-refractivity contribution in [3.63, 3.8) is 0 Å². The molecule has 2 aliphatic carbocycles. The van der Waals surface area contributed by atoms with E-state index in [1.165, 1.54) is 72.3 Å². The fourth-order valence-corrected chi connectivity index (χ4v) is 8.28. The van der Waals surface area contributed by atoms with E-state index in [1.54, 1.807) is 0 Å². The van der Waals surface area contributed by atoms with E-state index in [-0.39, 0.29) is 11.5 Å². The topological polar surface area (TPSA) is 9.86 Å². The average Bonchev–Trinajstić information content (AvgIpc) is 3.62. The summed E-state index contributed by atoms with van der Waals surface area (Å²) in [6.07, 6.45) is 19.4. The zero-order chi connectivity index (χ0) is 30.1. The zero-order valence-electron chi connectivity index (χ0n) is 25.9. The lowest BCUT2D eigenvalue weighted by atomic mass is 9.88. The smallest absolute Gasteiger partial charge is 0.0783 e. The minimum Gasteiger partial charge on any atom is -0.328 e. The molecule has 1 unspecified atom stereocenters. The van der Waals surface area contributed by atoms with Gasteiger partial charge < -0.3 is 9.13 Å². The van der Waals surface area contributed by atoms with Crippen LogP contribution in [0.5, 0.6) is 0 Å². The lowest BCUT2D eigenvalue weighted by Crippen LogP contribution is -2.29. The van der Waals surface area contributed by atoms with Gasteiger partial charge in [-0.1, -0.05) is 134 Å². The van der Waals surface area contributed by atoms with Gasteiger partial charge in [-0.15, -0.1) is 0 Å². The zero-order valence-corrected chi connectivity index (χ0v) is 25.9. The Labute approximate surface area is 265 Å². The number of para-hydroxylation sites is 1. The molecule has 0 spiro atoms. The number of aromatic nitrogens is 2. The highest BCUT2D eigenvalue weighted by molar-refractivity contribution is 6.18. The van der Waals surface area contributed by atoms with Crippen LogP contribution in [0.2, 0.25) is 0 Å². The number of hydrogen-bond acceptors (Lipinski definition) is 0. The van der Waals surface area contributed by atoms with E-state index in [0.717, 1.165) is 19.3 Å². The maximum absolute atomic E-state index is 2.70. The average molecular weight is 581 g/mol. The normalized spacial score (nSPS) is 18.0. The monoisotopic (exact) mass is 580 g/mol. The molecule has 1 aliphatic heterocycles. The van der Waals surface area contributed by atoms with Crippen LogP contribution >= 0.6 is 0 Å². The van der Waals surface area contributed by atoms with E-state index in [9.17, 15) is 0 Å². The number of fused-ring (bicyclic) bond motifs is 2. The molecular formula is C43H36N2. The van der Waals surface area contributed by atoms with Crippen LogP contribution in [0.15, 0.2) is 140 Å². The third kappa shape index (κ3) is 3.75. The molecule has 0 saturated heterocycles. The first-order chi connectivity index (χ1) is 22.1. The number of allylic oxidation sites excluding steroid dienone is 8. The van der Waals surface area contributed by atoms with Crippen LogP contribution in [0.25, 0.3) is 55.3 Å². The van der Waals surface area contributed by atoms with Crippen molar-refractivity contribution in [2.45, 2.75) is 44.6 Å². The van der Waals surface area contributed by atoms with E-state index in [4.69, 9.17) is 0 Å². The highest BCUT2D eigenvalue weighted by Crippen LogP contribution is 2.53. The van der Waals surface area contributed by atoms with Crippen molar-refractivity contribution in [2.75, 3.05) is 0 Å². The second-order valence-corrected chi connectivity index (χ2v) is 13.1. The standard InChI is InChI=1S/C43H36N2/c1-43(2)35-25-15-16-26-36(35)44-39(31-21-11-5-12-22-31)37(29-17-7-3-8-18-29)33-27-28-34-38(30-19-9-4-10-20-30)40(32-23-13-6-14-24-32)45(43)42(34)41(33)44/h3-5,7-13,15-21,23-28,31H,6,14,22H2,1-2H3. The van der Waals surface area contributed by atoms with Gasteiger partial charge in [0.2, 0.25) is 0 Å². The van der Waals surface area contributed by atoms with E-state index >= 15 is 0 Å². The molecule has 4 aromatic carbocycles. The fraction of sp³-hybridized carbons (Fsp3) is 0.163. The molecule has 0 bridgehead atoms. The molecule has 3 aliphatic rings. The molecule has 3 heterocycles. The van der Waals surface area contributed by atoms with Crippen molar-refractivity contribution in [1.82, 2.24) is 9.13 Å². The van der Waals surface area contributed by atoms with Gasteiger partial charge in [0.1, 0.15) is 0 Å².